The van der Waals surface area contributed by atoms with Crippen molar-refractivity contribution in [3.63, 3.8) is 0 Å². The molecule has 1 aliphatic carbocycles. The van der Waals surface area contributed by atoms with E-state index in [1.165, 1.54) is 71.5 Å². The third kappa shape index (κ3) is 3.56. The number of anilines is 3. The molecule has 3 heterocycles. The highest BCUT2D eigenvalue weighted by Gasteiger charge is 2.42. The minimum atomic E-state index is -0.301. The van der Waals surface area contributed by atoms with E-state index in [0.717, 1.165) is 22.9 Å². The fraction of sp³-hybridized carbons (Fsp3) is 0.0426. The molecule has 9 aromatic rings. The van der Waals surface area contributed by atoms with E-state index in [1.54, 1.807) is 0 Å². The molecule has 234 valence electrons. The molecule has 0 bridgehead atoms. The van der Waals surface area contributed by atoms with Gasteiger partial charge in [-0.2, -0.15) is 0 Å². The standard InChI is InChI=1S/C47H31N3/c1-47(31-15-3-2-4-16-31)39-21-8-5-17-33(39)37-27-38-36-20-11-13-30-14-12-24-43(46(30)36)50(44(38)28-40(37)47)45-26-25-32(29-48-45)49-41-22-9-6-18-34(41)35-19-7-10-23-42(35)49/h2-29H,1H3. The van der Waals surface area contributed by atoms with E-state index in [1.807, 2.05) is 6.20 Å². The molecule has 0 N–H and O–H groups in total. The molecule has 0 spiro atoms. The maximum Gasteiger partial charge on any atom is 0.137 e. The summed E-state index contributed by atoms with van der Waals surface area (Å²) in [5.74, 6) is 0.898. The van der Waals surface area contributed by atoms with Crippen molar-refractivity contribution in [2.45, 2.75) is 12.3 Å². The number of rotatable bonds is 3. The SMILES string of the molecule is CC1(c2ccccc2)c2ccccc2-c2cc3c(cc21)N(c1ccc(-n2c4ccccc4c4ccccc42)cn1)c1cccc2cccc-3c12. The average Bonchev–Trinajstić information content (AvgIpc) is 3.65. The lowest BCUT2D eigenvalue weighted by molar-refractivity contribution is 0.714. The lowest BCUT2D eigenvalue weighted by atomic mass is 9.74. The molecule has 0 saturated carbocycles. The summed E-state index contributed by atoms with van der Waals surface area (Å²) in [6, 6.07) is 59.8. The smallest absolute Gasteiger partial charge is 0.137 e. The van der Waals surface area contributed by atoms with Crippen LogP contribution < -0.4 is 4.90 Å². The molecule has 2 aliphatic rings. The highest BCUT2D eigenvalue weighted by molar-refractivity contribution is 6.14. The van der Waals surface area contributed by atoms with Gasteiger partial charge in [0, 0.05) is 27.1 Å². The van der Waals surface area contributed by atoms with Gasteiger partial charge in [-0.05, 0) is 88.2 Å². The predicted molar refractivity (Wildman–Crippen MR) is 207 cm³/mol. The van der Waals surface area contributed by atoms with E-state index >= 15 is 0 Å². The third-order valence-corrected chi connectivity index (χ3v) is 11.2. The van der Waals surface area contributed by atoms with Crippen molar-refractivity contribution >= 4 is 49.8 Å². The van der Waals surface area contributed by atoms with Crippen LogP contribution in [0.25, 0.3) is 60.5 Å². The van der Waals surface area contributed by atoms with Crippen LogP contribution in [0, 0.1) is 0 Å². The van der Waals surface area contributed by atoms with Gasteiger partial charge in [0.05, 0.1) is 34.3 Å². The van der Waals surface area contributed by atoms with Crippen molar-refractivity contribution in [2.75, 3.05) is 4.90 Å². The molecule has 0 radical (unpaired) electrons. The number of hydrogen-bond donors (Lipinski definition) is 0. The summed E-state index contributed by atoms with van der Waals surface area (Å²) in [7, 11) is 0. The number of nitrogens with zero attached hydrogens (tertiary/aromatic N) is 3. The topological polar surface area (TPSA) is 21.1 Å². The molecule has 50 heavy (non-hydrogen) atoms. The summed E-state index contributed by atoms with van der Waals surface area (Å²) in [5.41, 5.74) is 14.5. The van der Waals surface area contributed by atoms with Gasteiger partial charge in [0.1, 0.15) is 5.82 Å². The van der Waals surface area contributed by atoms with E-state index in [-0.39, 0.29) is 5.41 Å². The Morgan fingerprint density at radius 1 is 0.500 bits per heavy atom. The van der Waals surface area contributed by atoms with Gasteiger partial charge in [-0.1, -0.05) is 121 Å². The predicted octanol–water partition coefficient (Wildman–Crippen LogP) is 12.1. The number of aromatic nitrogens is 2. The Bertz CT molecular complexity index is 2770. The molecule has 0 fully saturated rings. The summed E-state index contributed by atoms with van der Waals surface area (Å²) in [6.45, 7) is 2.39. The molecule has 2 aromatic heterocycles. The largest absolute Gasteiger partial charge is 0.308 e. The molecule has 3 heteroatoms. The minimum absolute atomic E-state index is 0.301. The van der Waals surface area contributed by atoms with Crippen molar-refractivity contribution in [2.24, 2.45) is 0 Å². The summed E-state index contributed by atoms with van der Waals surface area (Å²) >= 11 is 0. The van der Waals surface area contributed by atoms with Gasteiger partial charge in [0.15, 0.2) is 0 Å². The van der Waals surface area contributed by atoms with Crippen LogP contribution in [-0.2, 0) is 5.41 Å². The lowest BCUT2D eigenvalue weighted by Gasteiger charge is -2.35. The van der Waals surface area contributed by atoms with Gasteiger partial charge in [-0.25, -0.2) is 4.98 Å². The van der Waals surface area contributed by atoms with E-state index in [4.69, 9.17) is 4.98 Å². The van der Waals surface area contributed by atoms with Crippen LogP contribution in [0.15, 0.2) is 170 Å². The first-order valence-corrected chi connectivity index (χ1v) is 17.3. The first-order chi connectivity index (χ1) is 24.7. The second-order valence-electron chi connectivity index (χ2n) is 13.7. The molecule has 1 unspecified atom stereocenters. The maximum atomic E-state index is 5.26. The van der Waals surface area contributed by atoms with Crippen LogP contribution in [0.1, 0.15) is 23.6 Å². The Hall–Kier alpha value is -6.45. The Balaban J connectivity index is 1.16. The number of para-hydroxylation sites is 2. The normalized spacial score (nSPS) is 15.7. The van der Waals surface area contributed by atoms with Crippen LogP contribution in [0.3, 0.4) is 0 Å². The van der Waals surface area contributed by atoms with Gasteiger partial charge >= 0.3 is 0 Å². The minimum Gasteiger partial charge on any atom is -0.308 e. The number of fused-ring (bicyclic) bond motifs is 8. The molecule has 0 saturated heterocycles. The Kier molecular flexibility index (Phi) is 5.52. The molecule has 11 rings (SSSR count). The van der Waals surface area contributed by atoms with E-state index in [2.05, 4.69) is 180 Å². The quantitative estimate of drug-likeness (QED) is 0.192. The Labute approximate surface area is 290 Å². The Morgan fingerprint density at radius 3 is 1.94 bits per heavy atom. The van der Waals surface area contributed by atoms with Gasteiger partial charge in [0.2, 0.25) is 0 Å². The monoisotopic (exact) mass is 637 g/mol. The molecule has 1 atom stereocenters. The summed E-state index contributed by atoms with van der Waals surface area (Å²) in [4.78, 5) is 7.65. The van der Waals surface area contributed by atoms with Crippen LogP contribution in [0.4, 0.5) is 17.2 Å². The van der Waals surface area contributed by atoms with E-state index < -0.39 is 0 Å². The lowest BCUT2D eigenvalue weighted by Crippen LogP contribution is -2.23. The van der Waals surface area contributed by atoms with E-state index in [9.17, 15) is 0 Å². The van der Waals surface area contributed by atoms with Gasteiger partial charge in [-0.15, -0.1) is 0 Å². The number of pyridine rings is 1. The molecular formula is C47H31N3. The zero-order valence-electron chi connectivity index (χ0n) is 27.5. The van der Waals surface area contributed by atoms with Gasteiger partial charge < -0.3 is 4.57 Å². The molecule has 3 nitrogen and oxygen atoms in total. The van der Waals surface area contributed by atoms with Crippen molar-refractivity contribution in [3.8, 4) is 27.9 Å². The summed E-state index contributed by atoms with van der Waals surface area (Å²) in [5, 5.41) is 4.98. The second kappa shape index (κ2) is 10.0. The van der Waals surface area contributed by atoms with Crippen LogP contribution >= 0.6 is 0 Å². The molecule has 1 aliphatic heterocycles. The van der Waals surface area contributed by atoms with Crippen molar-refractivity contribution < 1.29 is 0 Å². The van der Waals surface area contributed by atoms with Crippen LogP contribution in [0.5, 0.6) is 0 Å². The number of benzene rings is 7. The van der Waals surface area contributed by atoms with Gasteiger partial charge in [0.25, 0.3) is 0 Å². The average molecular weight is 638 g/mol. The highest BCUT2D eigenvalue weighted by atomic mass is 15.2. The Morgan fingerprint density at radius 2 is 1.18 bits per heavy atom. The zero-order valence-corrected chi connectivity index (χ0v) is 27.5. The van der Waals surface area contributed by atoms with Gasteiger partial charge in [-0.3, -0.25) is 4.90 Å². The van der Waals surface area contributed by atoms with Crippen LogP contribution in [0.2, 0.25) is 0 Å². The van der Waals surface area contributed by atoms with E-state index in [0.29, 0.717) is 0 Å². The zero-order chi connectivity index (χ0) is 33.0. The summed E-state index contributed by atoms with van der Waals surface area (Å²) in [6.07, 6.45) is 2.03. The number of hydrogen-bond acceptors (Lipinski definition) is 2. The van der Waals surface area contributed by atoms with Crippen molar-refractivity contribution in [1.29, 1.82) is 0 Å². The first kappa shape index (κ1) is 27.5. The van der Waals surface area contributed by atoms with Crippen molar-refractivity contribution in [1.82, 2.24) is 9.55 Å². The fourth-order valence-electron chi connectivity index (χ4n) is 8.96. The molecule has 0 amide bonds. The molecular weight excluding hydrogens is 607 g/mol. The van der Waals surface area contributed by atoms with Crippen LogP contribution in [-0.4, -0.2) is 9.55 Å². The fourth-order valence-corrected chi connectivity index (χ4v) is 8.96. The highest BCUT2D eigenvalue weighted by Crippen LogP contribution is 2.58. The maximum absolute atomic E-state index is 5.26. The molecule has 7 aromatic carbocycles. The summed E-state index contributed by atoms with van der Waals surface area (Å²) < 4.78 is 2.33. The second-order valence-corrected chi connectivity index (χ2v) is 13.7. The first-order valence-electron chi connectivity index (χ1n) is 17.3. The third-order valence-electron chi connectivity index (χ3n) is 11.2. The van der Waals surface area contributed by atoms with Crippen molar-refractivity contribution in [3.05, 3.63) is 187 Å².